The van der Waals surface area contributed by atoms with Gasteiger partial charge in [-0.05, 0) is 54.1 Å². The van der Waals surface area contributed by atoms with Crippen LogP contribution in [0.15, 0.2) is 84.0 Å². The molecule has 0 saturated heterocycles. The van der Waals surface area contributed by atoms with Crippen LogP contribution >= 0.6 is 11.6 Å². The molecule has 0 atom stereocenters. The molecule has 0 saturated carbocycles. The van der Waals surface area contributed by atoms with Crippen LogP contribution in [-0.4, -0.2) is 30.5 Å². The molecule has 0 aliphatic carbocycles. The van der Waals surface area contributed by atoms with Gasteiger partial charge in [-0.2, -0.15) is 5.10 Å². The summed E-state index contributed by atoms with van der Waals surface area (Å²) in [7, 11) is 0. The smallest absolute Gasteiger partial charge is 0.343 e. The Balaban J connectivity index is 1.45. The maximum absolute atomic E-state index is 12.0. The van der Waals surface area contributed by atoms with Crippen LogP contribution in [0, 0.1) is 0 Å². The number of halogens is 1. The fourth-order valence-electron chi connectivity index (χ4n) is 2.48. The van der Waals surface area contributed by atoms with Gasteiger partial charge in [0.2, 0.25) is 0 Å². The molecule has 0 fully saturated rings. The number of ether oxygens (including phenoxy) is 1. The molecule has 7 nitrogen and oxygen atoms in total. The van der Waals surface area contributed by atoms with Gasteiger partial charge in [0.15, 0.2) is 0 Å². The Hall–Kier alpha value is -3.97. The van der Waals surface area contributed by atoms with Gasteiger partial charge in [0.05, 0.1) is 28.9 Å². The highest BCUT2D eigenvalue weighted by Gasteiger charge is 2.10. The van der Waals surface area contributed by atoms with E-state index in [1.54, 1.807) is 72.8 Å². The number of hydrazone groups is 1. The topological polar surface area (TPSA) is 96.9 Å². The molecule has 0 aliphatic heterocycles. The van der Waals surface area contributed by atoms with Crippen molar-refractivity contribution in [1.29, 1.82) is 0 Å². The van der Waals surface area contributed by atoms with E-state index >= 15 is 0 Å². The average molecular weight is 436 g/mol. The molecule has 0 heterocycles. The minimum atomic E-state index is -0.495. The number of benzene rings is 3. The third-order valence-electron chi connectivity index (χ3n) is 4.03. The standard InChI is InChI=1S/C23H18ClN3O4/c24-20-9-5-4-8-19(20)22(29)25-15-21(28)27-26-14-16-10-12-18(13-11-16)31-23(30)17-6-2-1-3-7-17/h1-14H,15H2,(H,25,29)(H,27,28). The quantitative estimate of drug-likeness (QED) is 0.257. The number of rotatable bonds is 7. The number of hydrogen-bond acceptors (Lipinski definition) is 5. The summed E-state index contributed by atoms with van der Waals surface area (Å²) >= 11 is 5.94. The van der Waals surface area contributed by atoms with E-state index in [9.17, 15) is 14.4 Å². The van der Waals surface area contributed by atoms with E-state index in [0.717, 1.165) is 0 Å². The minimum Gasteiger partial charge on any atom is -0.423 e. The highest BCUT2D eigenvalue weighted by atomic mass is 35.5. The maximum Gasteiger partial charge on any atom is 0.343 e. The Morgan fingerprint density at radius 1 is 0.903 bits per heavy atom. The second kappa shape index (κ2) is 10.7. The van der Waals surface area contributed by atoms with Crippen LogP contribution in [0.3, 0.4) is 0 Å². The SMILES string of the molecule is O=C(CNC(=O)c1ccccc1Cl)NN=Cc1ccc(OC(=O)c2ccccc2)cc1. The van der Waals surface area contributed by atoms with Gasteiger partial charge in [0.25, 0.3) is 11.8 Å². The molecule has 3 aromatic rings. The third-order valence-corrected chi connectivity index (χ3v) is 4.36. The first-order valence-corrected chi connectivity index (χ1v) is 9.62. The van der Waals surface area contributed by atoms with Crippen molar-refractivity contribution in [3.8, 4) is 5.75 Å². The summed E-state index contributed by atoms with van der Waals surface area (Å²) in [4.78, 5) is 35.9. The number of nitrogens with zero attached hydrogens (tertiary/aromatic N) is 1. The summed E-state index contributed by atoms with van der Waals surface area (Å²) in [6.45, 7) is -0.254. The largest absolute Gasteiger partial charge is 0.423 e. The van der Waals surface area contributed by atoms with Crippen molar-refractivity contribution in [2.24, 2.45) is 5.10 Å². The molecule has 0 radical (unpaired) electrons. The first-order valence-electron chi connectivity index (χ1n) is 9.25. The molecule has 156 valence electrons. The van der Waals surface area contributed by atoms with Crippen molar-refractivity contribution in [2.75, 3.05) is 6.54 Å². The molecule has 8 heteroatoms. The number of amides is 2. The summed E-state index contributed by atoms with van der Waals surface area (Å²) in [5, 5.41) is 6.61. The maximum atomic E-state index is 12.0. The molecule has 3 aromatic carbocycles. The van der Waals surface area contributed by atoms with Crippen molar-refractivity contribution in [1.82, 2.24) is 10.7 Å². The van der Waals surface area contributed by atoms with Crippen LogP contribution in [-0.2, 0) is 4.79 Å². The number of nitrogens with one attached hydrogen (secondary N) is 2. The molecule has 0 aliphatic rings. The van der Waals surface area contributed by atoms with Crippen LogP contribution in [0.1, 0.15) is 26.3 Å². The zero-order chi connectivity index (χ0) is 22.1. The van der Waals surface area contributed by atoms with Crippen molar-refractivity contribution in [3.05, 3.63) is 101 Å². The first-order chi connectivity index (χ1) is 15.0. The molecule has 2 amide bonds. The predicted molar refractivity (Wildman–Crippen MR) is 117 cm³/mol. The van der Waals surface area contributed by atoms with Crippen LogP contribution in [0.4, 0.5) is 0 Å². The van der Waals surface area contributed by atoms with Crippen LogP contribution in [0.5, 0.6) is 5.75 Å². The van der Waals surface area contributed by atoms with Gasteiger partial charge >= 0.3 is 5.97 Å². The lowest BCUT2D eigenvalue weighted by Gasteiger charge is -2.06. The second-order valence-corrected chi connectivity index (χ2v) is 6.69. The van der Waals surface area contributed by atoms with Gasteiger partial charge in [-0.25, -0.2) is 10.2 Å². The number of carbonyl (C=O) groups excluding carboxylic acids is 3. The predicted octanol–water partition coefficient (Wildman–Crippen LogP) is 3.44. The van der Waals surface area contributed by atoms with E-state index < -0.39 is 17.8 Å². The zero-order valence-corrected chi connectivity index (χ0v) is 17.0. The number of hydrogen-bond donors (Lipinski definition) is 2. The van der Waals surface area contributed by atoms with E-state index in [0.29, 0.717) is 21.9 Å². The van der Waals surface area contributed by atoms with Crippen LogP contribution < -0.4 is 15.5 Å². The molecule has 2 N–H and O–H groups in total. The van der Waals surface area contributed by atoms with Crippen LogP contribution in [0.25, 0.3) is 0 Å². The van der Waals surface area contributed by atoms with Gasteiger partial charge in [-0.1, -0.05) is 41.9 Å². The van der Waals surface area contributed by atoms with E-state index in [4.69, 9.17) is 16.3 Å². The molecule has 0 aromatic heterocycles. The van der Waals surface area contributed by atoms with Crippen LogP contribution in [0.2, 0.25) is 5.02 Å². The fourth-order valence-corrected chi connectivity index (χ4v) is 2.70. The van der Waals surface area contributed by atoms with Gasteiger partial charge < -0.3 is 10.1 Å². The van der Waals surface area contributed by atoms with Crippen molar-refractivity contribution < 1.29 is 19.1 Å². The Morgan fingerprint density at radius 2 is 1.58 bits per heavy atom. The van der Waals surface area contributed by atoms with Crippen molar-refractivity contribution in [3.63, 3.8) is 0 Å². The molecular weight excluding hydrogens is 418 g/mol. The lowest BCUT2D eigenvalue weighted by Crippen LogP contribution is -2.35. The second-order valence-electron chi connectivity index (χ2n) is 6.28. The summed E-state index contributed by atoms with van der Waals surface area (Å²) in [5.41, 5.74) is 3.74. The molecule has 31 heavy (non-hydrogen) atoms. The van der Waals surface area contributed by atoms with Crippen molar-refractivity contribution >= 4 is 35.6 Å². The van der Waals surface area contributed by atoms with E-state index in [2.05, 4.69) is 15.8 Å². The first kappa shape index (κ1) is 21.7. The Kier molecular flexibility index (Phi) is 7.50. The zero-order valence-electron chi connectivity index (χ0n) is 16.2. The molecule has 3 rings (SSSR count). The van der Waals surface area contributed by atoms with Gasteiger partial charge in [0, 0.05) is 0 Å². The monoisotopic (exact) mass is 435 g/mol. The van der Waals surface area contributed by atoms with Gasteiger partial charge in [-0.15, -0.1) is 0 Å². The van der Waals surface area contributed by atoms with E-state index in [1.807, 2.05) is 6.07 Å². The van der Waals surface area contributed by atoms with Crippen molar-refractivity contribution in [2.45, 2.75) is 0 Å². The molecule has 0 spiro atoms. The highest BCUT2D eigenvalue weighted by Crippen LogP contribution is 2.15. The Bertz CT molecular complexity index is 1100. The summed E-state index contributed by atoms with van der Waals surface area (Å²) in [5.74, 6) is -1.01. The lowest BCUT2D eigenvalue weighted by atomic mass is 10.2. The van der Waals surface area contributed by atoms with E-state index in [1.165, 1.54) is 6.21 Å². The summed E-state index contributed by atoms with van der Waals surface area (Å²) in [6.07, 6.45) is 1.43. The Morgan fingerprint density at radius 3 is 2.29 bits per heavy atom. The highest BCUT2D eigenvalue weighted by molar-refractivity contribution is 6.33. The number of esters is 1. The van der Waals surface area contributed by atoms with Gasteiger partial charge in [-0.3, -0.25) is 9.59 Å². The summed E-state index contributed by atoms with van der Waals surface area (Å²) in [6, 6.07) is 21.8. The lowest BCUT2D eigenvalue weighted by molar-refractivity contribution is -0.120. The average Bonchev–Trinajstić information content (AvgIpc) is 2.79. The molecule has 0 bridgehead atoms. The minimum absolute atomic E-state index is 0.254. The molecular formula is C23H18ClN3O4. The number of carbonyl (C=O) groups is 3. The normalized spacial score (nSPS) is 10.5. The van der Waals surface area contributed by atoms with Gasteiger partial charge in [0.1, 0.15) is 5.75 Å². The van der Waals surface area contributed by atoms with E-state index in [-0.39, 0.29) is 12.1 Å². The fraction of sp³-hybridized carbons (Fsp3) is 0.0435. The Labute approximate surface area is 183 Å². The summed E-state index contributed by atoms with van der Waals surface area (Å²) < 4.78 is 5.29. The molecule has 0 unspecified atom stereocenters. The third kappa shape index (κ3) is 6.52.